The molecule has 2 atom stereocenters. The van der Waals surface area contributed by atoms with Crippen LogP contribution in [-0.4, -0.2) is 36.9 Å². The van der Waals surface area contributed by atoms with Crippen molar-refractivity contribution in [3.63, 3.8) is 0 Å². The second kappa shape index (κ2) is 6.43. The number of ether oxygens (including phenoxy) is 2. The van der Waals surface area contributed by atoms with Crippen molar-refractivity contribution in [2.75, 3.05) is 24.7 Å². The van der Waals surface area contributed by atoms with Gasteiger partial charge in [-0.25, -0.2) is 0 Å². The number of thioether (sulfide) groups is 1. The zero-order valence-corrected chi connectivity index (χ0v) is 11.3. The van der Waals surface area contributed by atoms with Gasteiger partial charge in [0.1, 0.15) is 0 Å². The summed E-state index contributed by atoms with van der Waals surface area (Å²) in [4.78, 5) is 0. The minimum atomic E-state index is 0.578. The summed E-state index contributed by atoms with van der Waals surface area (Å²) < 4.78 is 10.1. The van der Waals surface area contributed by atoms with Gasteiger partial charge in [-0.2, -0.15) is 11.8 Å². The van der Waals surface area contributed by atoms with Gasteiger partial charge in [0.05, 0.1) is 25.4 Å². The molecule has 0 N–H and O–H groups in total. The highest BCUT2D eigenvalue weighted by molar-refractivity contribution is 7.99. The molecule has 0 radical (unpaired) electrons. The zero-order valence-electron chi connectivity index (χ0n) is 10.5. The first-order valence-electron chi connectivity index (χ1n) is 6.09. The van der Waals surface area contributed by atoms with E-state index in [9.17, 15) is 0 Å². The van der Waals surface area contributed by atoms with E-state index in [0.717, 1.165) is 13.2 Å². The van der Waals surface area contributed by atoms with Crippen LogP contribution in [0.15, 0.2) is 24.3 Å². The summed E-state index contributed by atoms with van der Waals surface area (Å²) in [7, 11) is 0. The van der Waals surface area contributed by atoms with Gasteiger partial charge in [0.15, 0.2) is 0 Å². The fourth-order valence-corrected chi connectivity index (χ4v) is 2.37. The maximum Gasteiger partial charge on any atom is 0.0900 e. The van der Waals surface area contributed by atoms with Gasteiger partial charge in [0, 0.05) is 11.5 Å². The Morgan fingerprint density at radius 2 is 1.41 bits per heavy atom. The summed E-state index contributed by atoms with van der Waals surface area (Å²) in [5, 5.41) is 0. The van der Waals surface area contributed by atoms with E-state index in [0.29, 0.717) is 12.2 Å². The second-order valence-electron chi connectivity index (χ2n) is 4.53. The van der Waals surface area contributed by atoms with Gasteiger partial charge in [-0.3, -0.25) is 0 Å². The van der Waals surface area contributed by atoms with Crippen LogP contribution in [0.3, 0.4) is 0 Å². The molecular formula is C14H20O2S. The van der Waals surface area contributed by atoms with Crippen LogP contribution in [0.5, 0.6) is 0 Å². The molecule has 0 amide bonds. The molecule has 3 rings (SSSR count). The van der Waals surface area contributed by atoms with E-state index in [1.165, 1.54) is 22.6 Å². The number of aryl methyl sites for hydroxylation is 2. The molecule has 2 unspecified atom stereocenters. The summed E-state index contributed by atoms with van der Waals surface area (Å²) >= 11 is 1.94. The van der Waals surface area contributed by atoms with Crippen molar-refractivity contribution in [2.45, 2.75) is 26.1 Å². The molecule has 0 aromatic heterocycles. The maximum absolute atomic E-state index is 5.05. The fourth-order valence-electron chi connectivity index (χ4n) is 1.32. The Balaban J connectivity index is 0.000000128. The molecule has 0 saturated carbocycles. The third kappa shape index (κ3) is 5.57. The minimum absolute atomic E-state index is 0.578. The average Bonchev–Trinajstić information content (AvgIpc) is 3.16. The van der Waals surface area contributed by atoms with Crippen molar-refractivity contribution in [2.24, 2.45) is 0 Å². The number of hydrogen-bond acceptors (Lipinski definition) is 3. The Morgan fingerprint density at radius 3 is 1.71 bits per heavy atom. The topological polar surface area (TPSA) is 25.1 Å². The normalized spacial score (nSPS) is 24.8. The van der Waals surface area contributed by atoms with Gasteiger partial charge in [-0.15, -0.1) is 0 Å². The molecule has 0 bridgehead atoms. The van der Waals surface area contributed by atoms with E-state index < -0.39 is 0 Å². The van der Waals surface area contributed by atoms with Gasteiger partial charge in [0.2, 0.25) is 0 Å². The van der Waals surface area contributed by atoms with Crippen LogP contribution >= 0.6 is 11.8 Å². The molecule has 0 spiro atoms. The molecule has 2 aliphatic heterocycles. The zero-order chi connectivity index (χ0) is 12.1. The summed E-state index contributed by atoms with van der Waals surface area (Å²) in [6.45, 7) is 6.21. The number of rotatable bonds is 4. The van der Waals surface area contributed by atoms with E-state index in [1.54, 1.807) is 0 Å². The molecule has 2 saturated heterocycles. The first kappa shape index (κ1) is 12.9. The van der Waals surface area contributed by atoms with Gasteiger partial charge in [-0.05, 0) is 25.0 Å². The molecule has 1 aromatic rings. The Bertz CT molecular complexity index is 313. The highest BCUT2D eigenvalue weighted by atomic mass is 32.2. The predicted octanol–water partition coefficient (Wildman–Crippen LogP) is 2.82. The Hall–Kier alpha value is -0.510. The van der Waals surface area contributed by atoms with Gasteiger partial charge in [-0.1, -0.05) is 24.3 Å². The van der Waals surface area contributed by atoms with Crippen LogP contribution < -0.4 is 0 Å². The highest BCUT2D eigenvalue weighted by Crippen LogP contribution is 2.20. The van der Waals surface area contributed by atoms with Crippen molar-refractivity contribution < 1.29 is 9.47 Å². The third-order valence-corrected chi connectivity index (χ3v) is 4.05. The lowest BCUT2D eigenvalue weighted by Gasteiger charge is -1.93. The second-order valence-corrected chi connectivity index (χ2v) is 5.61. The van der Waals surface area contributed by atoms with Gasteiger partial charge >= 0.3 is 0 Å². The van der Waals surface area contributed by atoms with E-state index in [2.05, 4.69) is 38.1 Å². The SMILES string of the molecule is C1OC1CSCC1CO1.Cc1ccccc1C. The lowest BCUT2D eigenvalue weighted by molar-refractivity contribution is 0.422. The van der Waals surface area contributed by atoms with Gasteiger partial charge in [0.25, 0.3) is 0 Å². The number of benzene rings is 1. The third-order valence-electron chi connectivity index (χ3n) is 2.84. The average molecular weight is 252 g/mol. The first-order valence-corrected chi connectivity index (χ1v) is 7.24. The lowest BCUT2D eigenvalue weighted by atomic mass is 10.1. The molecule has 17 heavy (non-hydrogen) atoms. The predicted molar refractivity (Wildman–Crippen MR) is 72.7 cm³/mol. The van der Waals surface area contributed by atoms with E-state index in [1.807, 2.05) is 11.8 Å². The molecule has 0 aliphatic carbocycles. The quantitative estimate of drug-likeness (QED) is 0.770. The lowest BCUT2D eigenvalue weighted by Crippen LogP contribution is -1.95. The van der Waals surface area contributed by atoms with Gasteiger partial charge < -0.3 is 9.47 Å². The van der Waals surface area contributed by atoms with E-state index >= 15 is 0 Å². The van der Waals surface area contributed by atoms with Crippen molar-refractivity contribution >= 4 is 11.8 Å². The van der Waals surface area contributed by atoms with Crippen molar-refractivity contribution in [1.82, 2.24) is 0 Å². The monoisotopic (exact) mass is 252 g/mol. The molecule has 2 aliphatic rings. The Kier molecular flexibility index (Phi) is 4.89. The van der Waals surface area contributed by atoms with Crippen LogP contribution in [0.4, 0.5) is 0 Å². The first-order chi connectivity index (χ1) is 8.25. The van der Waals surface area contributed by atoms with E-state index in [-0.39, 0.29) is 0 Å². The molecule has 2 nitrogen and oxygen atoms in total. The van der Waals surface area contributed by atoms with Crippen LogP contribution in [0.2, 0.25) is 0 Å². The Morgan fingerprint density at radius 1 is 1.00 bits per heavy atom. The molecule has 2 fully saturated rings. The number of hydrogen-bond donors (Lipinski definition) is 0. The maximum atomic E-state index is 5.05. The van der Waals surface area contributed by atoms with Crippen LogP contribution in [0, 0.1) is 13.8 Å². The van der Waals surface area contributed by atoms with E-state index in [4.69, 9.17) is 9.47 Å². The largest absolute Gasteiger partial charge is 0.372 e. The summed E-state index contributed by atoms with van der Waals surface area (Å²) in [5.41, 5.74) is 2.74. The van der Waals surface area contributed by atoms with Crippen LogP contribution in [0.25, 0.3) is 0 Å². The standard InChI is InChI=1S/C8H10.C6H10O2S/c1-7-5-3-4-6-8(7)2;1-5(7-1)3-9-4-6-2-8-6/h3-6H,1-2H3;5-6H,1-4H2. The molecule has 1 aromatic carbocycles. The van der Waals surface area contributed by atoms with Crippen LogP contribution in [0.1, 0.15) is 11.1 Å². The molecule has 3 heteroatoms. The van der Waals surface area contributed by atoms with Crippen molar-refractivity contribution in [3.8, 4) is 0 Å². The fraction of sp³-hybridized carbons (Fsp3) is 0.571. The molecular weight excluding hydrogens is 232 g/mol. The Labute approximate surface area is 108 Å². The highest BCUT2D eigenvalue weighted by Gasteiger charge is 2.26. The van der Waals surface area contributed by atoms with Crippen molar-refractivity contribution in [1.29, 1.82) is 0 Å². The summed E-state index contributed by atoms with van der Waals surface area (Å²) in [6.07, 6.45) is 1.16. The summed E-state index contributed by atoms with van der Waals surface area (Å²) in [5.74, 6) is 2.33. The van der Waals surface area contributed by atoms with Crippen LogP contribution in [-0.2, 0) is 9.47 Å². The molecule has 2 heterocycles. The number of epoxide rings is 2. The minimum Gasteiger partial charge on any atom is -0.372 e. The molecule has 94 valence electrons. The summed E-state index contributed by atoms with van der Waals surface area (Å²) in [6, 6.07) is 8.36. The van der Waals surface area contributed by atoms with Crippen molar-refractivity contribution in [3.05, 3.63) is 35.4 Å². The smallest absolute Gasteiger partial charge is 0.0900 e.